The van der Waals surface area contributed by atoms with E-state index in [1.807, 2.05) is 86.3 Å². The van der Waals surface area contributed by atoms with Crippen LogP contribution in [-0.4, -0.2) is 55.8 Å². The average molecular weight is 1830 g/mol. The van der Waals surface area contributed by atoms with E-state index in [4.69, 9.17) is 24.0 Å². The van der Waals surface area contributed by atoms with Crippen molar-refractivity contribution >= 4 is 111 Å². The summed E-state index contributed by atoms with van der Waals surface area (Å²) in [7, 11) is 8.52. The third-order valence-corrected chi connectivity index (χ3v) is 31.6. The molecule has 0 aliphatic carbocycles. The van der Waals surface area contributed by atoms with Gasteiger partial charge in [0.15, 0.2) is 24.8 Å². The van der Waals surface area contributed by atoms with Gasteiger partial charge in [-0.05, 0) is 263 Å². The molecule has 12 aromatic carbocycles. The number of benzene rings is 12. The van der Waals surface area contributed by atoms with Crippen LogP contribution in [0.5, 0.6) is 0 Å². The number of para-hydroxylation sites is 8. The van der Waals surface area contributed by atoms with Crippen molar-refractivity contribution in [2.24, 2.45) is 28.2 Å². The van der Waals surface area contributed by atoms with E-state index in [1.54, 1.807) is 0 Å². The van der Waals surface area contributed by atoms with Crippen molar-refractivity contribution in [1.29, 1.82) is 0 Å². The second-order valence-corrected chi connectivity index (χ2v) is 41.9. The topological polar surface area (TPSA) is 104 Å². The van der Waals surface area contributed by atoms with Crippen LogP contribution in [0.15, 0.2) is 280 Å². The highest BCUT2D eigenvalue weighted by atomic mass is 15.3. The normalized spacial score (nSPS) is 14.8. The van der Waals surface area contributed by atoms with E-state index in [2.05, 4.69) is 400 Å². The maximum atomic E-state index is 9.41. The van der Waals surface area contributed by atoms with Crippen LogP contribution in [-0.2, 0) is 50.3 Å². The van der Waals surface area contributed by atoms with Crippen molar-refractivity contribution in [3.63, 3.8) is 0 Å². The summed E-state index contributed by atoms with van der Waals surface area (Å²) >= 11 is 0. The van der Waals surface area contributed by atoms with E-state index < -0.39 is 23.8 Å². The molecule has 0 N–H and O–H groups in total. The molecule has 0 saturated heterocycles. The van der Waals surface area contributed by atoms with E-state index >= 15 is 0 Å². The van der Waals surface area contributed by atoms with Gasteiger partial charge in [-0.3, -0.25) is 35.9 Å². The maximum Gasteiger partial charge on any atom is 0.220 e. The third kappa shape index (κ3) is 11.6. The zero-order valence-electron chi connectivity index (χ0n) is 87.7. The Morgan fingerprint density at radius 3 is 0.914 bits per heavy atom. The molecule has 24 aromatic rings. The minimum Gasteiger partial charge on any atom is -0.299 e. The molecule has 0 spiro atoms. The van der Waals surface area contributed by atoms with Crippen molar-refractivity contribution in [1.82, 2.24) is 55.8 Å². The van der Waals surface area contributed by atoms with Crippen molar-refractivity contribution in [3.05, 3.63) is 357 Å². The van der Waals surface area contributed by atoms with E-state index in [9.17, 15) is 1.37 Å². The van der Waals surface area contributed by atoms with Crippen LogP contribution < -0.4 is 18.3 Å². The van der Waals surface area contributed by atoms with Gasteiger partial charge in [0, 0.05) is 38.9 Å². The molecule has 12 aromatic heterocycles. The molecule has 0 bridgehead atoms. The van der Waals surface area contributed by atoms with Crippen molar-refractivity contribution < 1.29 is 23.8 Å². The van der Waals surface area contributed by atoms with Crippen LogP contribution in [0.25, 0.3) is 201 Å². The molecule has 28 rings (SSSR count). The molecular formula is C124H116N16+4. The summed E-state index contributed by atoms with van der Waals surface area (Å²) < 4.78 is 62.8. The number of rotatable bonds is 5. The zero-order chi connectivity index (χ0) is 100. The number of pyridine rings is 4. The van der Waals surface area contributed by atoms with Gasteiger partial charge in [0.2, 0.25) is 45.9 Å². The van der Waals surface area contributed by atoms with E-state index in [0.717, 1.165) is 128 Å². The van der Waals surface area contributed by atoms with Crippen molar-refractivity contribution in [3.8, 4) is 89.5 Å². The summed E-state index contributed by atoms with van der Waals surface area (Å²) in [6.45, 7) is 38.0. The zero-order valence-corrected chi connectivity index (χ0v) is 83.7. The number of imidazole rings is 8. The van der Waals surface area contributed by atoms with Gasteiger partial charge in [0.05, 0.1) is 155 Å². The molecule has 0 amide bonds. The Morgan fingerprint density at radius 2 is 0.550 bits per heavy atom. The lowest BCUT2D eigenvalue weighted by atomic mass is 9.76. The van der Waals surface area contributed by atoms with Crippen molar-refractivity contribution in [2.75, 3.05) is 0 Å². The Bertz CT molecular complexity index is 9730. The number of aromatic nitrogens is 16. The lowest BCUT2D eigenvalue weighted by Gasteiger charge is -2.36. The lowest BCUT2D eigenvalue weighted by Crippen LogP contribution is -2.42. The van der Waals surface area contributed by atoms with Crippen LogP contribution in [0, 0.1) is 62.2 Å². The second kappa shape index (κ2) is 30.2. The Morgan fingerprint density at radius 1 is 0.264 bits per heavy atom. The van der Waals surface area contributed by atoms with Gasteiger partial charge in [-0.2, -0.15) is 0 Å². The van der Waals surface area contributed by atoms with Gasteiger partial charge in [0.25, 0.3) is 0 Å². The molecule has 0 unspecified atom stereocenters. The molecule has 4 aliphatic rings. The van der Waals surface area contributed by atoms with Gasteiger partial charge < -0.3 is 0 Å². The number of fused-ring (bicyclic) bond motifs is 28. The molecule has 140 heavy (non-hydrogen) atoms. The maximum absolute atomic E-state index is 9.41. The highest BCUT2D eigenvalue weighted by molar-refractivity contribution is 6.08. The highest BCUT2D eigenvalue weighted by Crippen LogP contribution is 2.57. The largest absolute Gasteiger partial charge is 0.299 e. The Labute approximate surface area is 820 Å². The SMILES string of the molecule is Cc1ccc2c3c1-c1c(c(C)c(-c4ccccc4)c[n+]1C)C(C)(C)n3c1nc3ccccc3n21.Cc1cccc(C)c1-c1c(C)c[n+](C)c2c1C(C)(C)n1c3c-2c(C)ccc3n2c3ccccc3nc12.[2H]C(C)(C)c1c(-c2ccccc2)c[n+](C)c2c1C(C)(C)n1c3c-2c(C)ccc3n2c3ccccc3nc12.[2H]C([2H])([2H])c1c[n+](C)c2c(c1-c1ccccc1)C(C)(C)n1c3c-2c(C)ccc3n2c3ccccc3nc12. The van der Waals surface area contributed by atoms with Crippen LogP contribution in [0.3, 0.4) is 0 Å². The average Bonchev–Trinajstić information content (AvgIpc) is 1.19. The Kier molecular flexibility index (Phi) is 17.6. The fourth-order valence-electron chi connectivity index (χ4n) is 25.8. The Hall–Kier alpha value is -15.7. The summed E-state index contributed by atoms with van der Waals surface area (Å²) in [5.74, 6) is 3.00. The fourth-order valence-corrected chi connectivity index (χ4v) is 25.8. The van der Waals surface area contributed by atoms with E-state index in [0.29, 0.717) is 5.56 Å². The van der Waals surface area contributed by atoms with E-state index in [1.165, 1.54) is 145 Å². The quantitative estimate of drug-likeness (QED) is 0.160. The predicted octanol–water partition coefficient (Wildman–Crippen LogP) is 26.7. The molecule has 4 aliphatic heterocycles. The molecule has 16 nitrogen and oxygen atoms in total. The number of nitrogens with zero attached hydrogens (tertiary/aromatic N) is 16. The van der Waals surface area contributed by atoms with Crippen LogP contribution >= 0.6 is 0 Å². The van der Waals surface area contributed by atoms with Gasteiger partial charge in [0.1, 0.15) is 28.2 Å². The van der Waals surface area contributed by atoms with Crippen LogP contribution in [0.4, 0.5) is 0 Å². The molecule has 0 radical (unpaired) electrons. The van der Waals surface area contributed by atoms with Gasteiger partial charge in [-0.1, -0.05) is 196 Å². The molecule has 0 fully saturated rings. The van der Waals surface area contributed by atoms with E-state index in [-0.39, 0.29) is 11.1 Å². The van der Waals surface area contributed by atoms with Crippen molar-refractivity contribution in [2.45, 2.75) is 160 Å². The second-order valence-electron chi connectivity index (χ2n) is 41.9. The monoisotopic (exact) mass is 1830 g/mol. The molecule has 16 heterocycles. The minimum atomic E-state index is -2.27. The molecule has 16 heteroatoms. The molecule has 0 atom stereocenters. The fraction of sp³-hybridized carbons (Fsp3) is 0.226. The van der Waals surface area contributed by atoms with Crippen LogP contribution in [0.1, 0.15) is 159 Å². The van der Waals surface area contributed by atoms with Gasteiger partial charge >= 0.3 is 0 Å². The summed E-state index contributed by atoms with van der Waals surface area (Å²) in [5, 5.41) is 0. The number of hydrogen-bond acceptors (Lipinski definition) is 4. The Balaban J connectivity index is 0.000000101. The summed E-state index contributed by atoms with van der Waals surface area (Å²) in [6.07, 6.45) is 8.65. The van der Waals surface area contributed by atoms with Gasteiger partial charge in [-0.25, -0.2) is 38.2 Å². The first-order valence-electron chi connectivity index (χ1n) is 51.0. The highest BCUT2D eigenvalue weighted by Gasteiger charge is 2.50. The lowest BCUT2D eigenvalue weighted by molar-refractivity contribution is -0.661. The first kappa shape index (κ1) is 81.5. The molecule has 0 saturated carbocycles. The van der Waals surface area contributed by atoms with Crippen LogP contribution in [0.2, 0.25) is 0 Å². The number of hydrogen-bond donors (Lipinski definition) is 0. The first-order valence-corrected chi connectivity index (χ1v) is 49.0. The summed E-state index contributed by atoms with van der Waals surface area (Å²) in [5.41, 5.74) is 52.0. The first-order chi connectivity index (χ1) is 68.8. The smallest absolute Gasteiger partial charge is 0.220 e. The standard InChI is InChI=1S/2C32H31N4.2C30H27N4/c1-18-11-10-12-19(2)25(18)26-21(4)17-34(7)30-27-20(3)15-16-24-29(27)36(32(5,6)28(26)30)31-33-22-13-8-9-14-23(22)35(24)31;1-19(2)26-22(21-12-8-7-9-13-21)18-34(6)30-27-20(3)16-17-25-29(27)36(32(4,5)28(26)30)31-33-23-14-10-11-15-24(23)35(25)31;1-18-15-16-24-27-25(18)28-26(19(2)21(17-32(28)5)20-11-7-6-8-12-20)30(3,4)34(27)29-31-22-13-9-10-14-23(22)33(24)29;1-18-15-16-23-27-25(18)28-26(24(19(2)17-32(28)5)20-11-7-6-8-12-20)30(3,4)34(27)29-31-21-13-9-10-14-22(21)33(23)29/h8-17H,1-7H3;7-19H,1-6H3;2*6-17H,1-5H3/q4*+1/i;19D;;2D3. The summed E-state index contributed by atoms with van der Waals surface area (Å²) in [6, 6.07) is 89.2. The molecule has 688 valence electrons. The number of aryl methyl sites for hydroxylation is 12. The van der Waals surface area contributed by atoms with Gasteiger partial charge in [-0.15, -0.1) is 0 Å². The predicted molar refractivity (Wildman–Crippen MR) is 571 cm³/mol. The minimum absolute atomic E-state index is 0.285. The summed E-state index contributed by atoms with van der Waals surface area (Å²) in [4.78, 5) is 20.6. The third-order valence-electron chi connectivity index (χ3n) is 31.6. The molecular weight excluding hydrogens is 1710 g/mol.